The van der Waals surface area contributed by atoms with Crippen LogP contribution in [0, 0.1) is 6.92 Å². The van der Waals surface area contributed by atoms with Crippen molar-refractivity contribution >= 4 is 21.7 Å². The van der Waals surface area contributed by atoms with Gasteiger partial charge in [0.1, 0.15) is 11.6 Å². The summed E-state index contributed by atoms with van der Waals surface area (Å²) in [5.41, 5.74) is 1.91. The molecule has 166 valence electrons. The lowest BCUT2D eigenvalue weighted by molar-refractivity contribution is -0.126. The second-order valence-corrected chi connectivity index (χ2v) is 10.4. The van der Waals surface area contributed by atoms with E-state index in [-0.39, 0.29) is 17.7 Å². The third-order valence-electron chi connectivity index (χ3n) is 6.26. The van der Waals surface area contributed by atoms with Crippen LogP contribution >= 0.6 is 0 Å². The summed E-state index contributed by atoms with van der Waals surface area (Å²) in [4.78, 5) is 23.5. The highest BCUT2D eigenvalue weighted by atomic mass is 32.2. The van der Waals surface area contributed by atoms with Crippen LogP contribution in [0.2, 0.25) is 0 Å². The molecule has 1 atom stereocenters. The van der Waals surface area contributed by atoms with Crippen LogP contribution < -0.4 is 5.32 Å². The maximum atomic E-state index is 13.0. The van der Waals surface area contributed by atoms with Gasteiger partial charge >= 0.3 is 0 Å². The van der Waals surface area contributed by atoms with Crippen LogP contribution in [-0.2, 0) is 14.8 Å². The predicted octanol–water partition coefficient (Wildman–Crippen LogP) is 2.34. The van der Waals surface area contributed by atoms with E-state index in [0.717, 1.165) is 22.9 Å². The van der Waals surface area contributed by atoms with E-state index in [4.69, 9.17) is 4.98 Å². The van der Waals surface area contributed by atoms with E-state index in [2.05, 4.69) is 10.3 Å². The zero-order valence-corrected chi connectivity index (χ0v) is 19.0. The summed E-state index contributed by atoms with van der Waals surface area (Å²) in [6.07, 6.45) is 1.80. The SMILES string of the molecule is CNc1cc(C2CC(=O)N(C)C2)nc(C2CCN(S(=O)(=O)c3ccc(C)cc3)CC2)n1. The third kappa shape index (κ3) is 4.43. The maximum absolute atomic E-state index is 13.0. The van der Waals surface area contributed by atoms with E-state index in [1.54, 1.807) is 21.3 Å². The Morgan fingerprint density at radius 3 is 2.32 bits per heavy atom. The molecule has 2 saturated heterocycles. The van der Waals surface area contributed by atoms with Crippen LogP contribution in [0.4, 0.5) is 5.82 Å². The van der Waals surface area contributed by atoms with Crippen molar-refractivity contribution in [2.75, 3.05) is 39.0 Å². The number of sulfonamides is 1. The second kappa shape index (κ2) is 8.55. The molecule has 8 nitrogen and oxygen atoms in total. The number of nitrogens with zero attached hydrogens (tertiary/aromatic N) is 4. The molecule has 0 spiro atoms. The van der Waals surface area contributed by atoms with Crippen molar-refractivity contribution in [2.24, 2.45) is 0 Å². The van der Waals surface area contributed by atoms with Crippen LogP contribution in [0.3, 0.4) is 0 Å². The van der Waals surface area contributed by atoms with Crippen molar-refractivity contribution in [3.05, 3.63) is 47.4 Å². The number of aromatic nitrogens is 2. The Morgan fingerprint density at radius 1 is 1.06 bits per heavy atom. The quantitative estimate of drug-likeness (QED) is 0.762. The van der Waals surface area contributed by atoms with Gasteiger partial charge in [-0.2, -0.15) is 4.31 Å². The first-order valence-electron chi connectivity index (χ1n) is 10.7. The zero-order chi connectivity index (χ0) is 22.2. The summed E-state index contributed by atoms with van der Waals surface area (Å²) in [5, 5.41) is 3.10. The summed E-state index contributed by atoms with van der Waals surface area (Å²) in [5.74, 6) is 1.75. The molecule has 2 aliphatic rings. The van der Waals surface area contributed by atoms with E-state index in [0.29, 0.717) is 43.8 Å². The van der Waals surface area contributed by atoms with Gasteiger partial charge in [0, 0.05) is 58.1 Å². The highest BCUT2D eigenvalue weighted by Gasteiger charge is 2.33. The van der Waals surface area contributed by atoms with Crippen molar-refractivity contribution < 1.29 is 13.2 Å². The van der Waals surface area contributed by atoms with Gasteiger partial charge in [0.2, 0.25) is 15.9 Å². The van der Waals surface area contributed by atoms with Crippen LogP contribution in [0.1, 0.15) is 48.2 Å². The molecule has 9 heteroatoms. The Bertz CT molecular complexity index is 1060. The molecule has 1 unspecified atom stereocenters. The average Bonchev–Trinajstić information content (AvgIpc) is 3.12. The Labute approximate surface area is 183 Å². The number of carbonyl (C=O) groups excluding carboxylic acids is 1. The van der Waals surface area contributed by atoms with E-state index in [1.165, 1.54) is 0 Å². The minimum absolute atomic E-state index is 0.0633. The van der Waals surface area contributed by atoms with Gasteiger partial charge in [-0.3, -0.25) is 4.79 Å². The molecule has 0 saturated carbocycles. The molecule has 0 radical (unpaired) electrons. The van der Waals surface area contributed by atoms with Crippen LogP contribution in [0.15, 0.2) is 35.2 Å². The van der Waals surface area contributed by atoms with Gasteiger partial charge < -0.3 is 10.2 Å². The monoisotopic (exact) mass is 443 g/mol. The van der Waals surface area contributed by atoms with Crippen LogP contribution in [0.25, 0.3) is 0 Å². The first-order valence-corrected chi connectivity index (χ1v) is 12.1. The smallest absolute Gasteiger partial charge is 0.243 e. The van der Waals surface area contributed by atoms with Gasteiger partial charge in [-0.1, -0.05) is 17.7 Å². The maximum Gasteiger partial charge on any atom is 0.243 e. The molecular formula is C22H29N5O3S. The molecule has 1 aromatic heterocycles. The van der Waals surface area contributed by atoms with Gasteiger partial charge in [0.25, 0.3) is 0 Å². The number of benzene rings is 1. The van der Waals surface area contributed by atoms with Gasteiger partial charge in [-0.05, 0) is 31.9 Å². The lowest BCUT2D eigenvalue weighted by atomic mass is 9.96. The molecule has 31 heavy (non-hydrogen) atoms. The first-order chi connectivity index (χ1) is 14.8. The van der Waals surface area contributed by atoms with Crippen molar-refractivity contribution in [1.82, 2.24) is 19.2 Å². The van der Waals surface area contributed by atoms with Crippen LogP contribution in [0.5, 0.6) is 0 Å². The molecule has 1 amide bonds. The number of carbonyl (C=O) groups is 1. The summed E-state index contributed by atoms with van der Waals surface area (Å²) in [6, 6.07) is 8.90. The number of amides is 1. The van der Waals surface area contributed by atoms with Gasteiger partial charge in [0.05, 0.1) is 10.6 Å². The van der Waals surface area contributed by atoms with Gasteiger partial charge in [-0.25, -0.2) is 18.4 Å². The largest absolute Gasteiger partial charge is 0.373 e. The fraction of sp³-hybridized carbons (Fsp3) is 0.500. The average molecular weight is 444 g/mol. The molecular weight excluding hydrogens is 414 g/mol. The molecule has 2 aromatic rings. The molecule has 0 bridgehead atoms. The number of hydrogen-bond acceptors (Lipinski definition) is 6. The minimum Gasteiger partial charge on any atom is -0.373 e. The first kappa shape index (κ1) is 21.7. The molecule has 3 heterocycles. The number of hydrogen-bond donors (Lipinski definition) is 1. The molecule has 4 rings (SSSR count). The second-order valence-electron chi connectivity index (χ2n) is 8.45. The number of likely N-dealkylation sites (N-methyl/N-ethyl adjacent to an activating group) is 1. The highest BCUT2D eigenvalue weighted by Crippen LogP contribution is 2.32. The van der Waals surface area contributed by atoms with E-state index in [1.807, 2.05) is 39.2 Å². The van der Waals surface area contributed by atoms with E-state index in [9.17, 15) is 13.2 Å². The van der Waals surface area contributed by atoms with Crippen molar-refractivity contribution in [1.29, 1.82) is 0 Å². The predicted molar refractivity (Wildman–Crippen MR) is 118 cm³/mol. The number of nitrogens with one attached hydrogen (secondary N) is 1. The number of aryl methyl sites for hydroxylation is 1. The molecule has 1 N–H and O–H groups in total. The molecule has 2 fully saturated rings. The summed E-state index contributed by atoms with van der Waals surface area (Å²) >= 11 is 0. The number of rotatable bonds is 5. The molecule has 0 aliphatic carbocycles. The third-order valence-corrected chi connectivity index (χ3v) is 8.17. The van der Waals surface area contributed by atoms with Crippen molar-refractivity contribution in [3.63, 3.8) is 0 Å². The lowest BCUT2D eigenvalue weighted by Gasteiger charge is -2.31. The Balaban J connectivity index is 1.50. The minimum atomic E-state index is -3.49. The Kier molecular flexibility index (Phi) is 5.98. The fourth-order valence-electron chi connectivity index (χ4n) is 4.28. The highest BCUT2D eigenvalue weighted by molar-refractivity contribution is 7.89. The van der Waals surface area contributed by atoms with Crippen molar-refractivity contribution in [3.8, 4) is 0 Å². The number of piperidine rings is 1. The van der Waals surface area contributed by atoms with E-state index >= 15 is 0 Å². The van der Waals surface area contributed by atoms with Gasteiger partial charge in [-0.15, -0.1) is 0 Å². The summed E-state index contributed by atoms with van der Waals surface area (Å²) in [7, 11) is 0.138. The fourth-order valence-corrected chi connectivity index (χ4v) is 5.75. The zero-order valence-electron chi connectivity index (χ0n) is 18.2. The number of anilines is 1. The topological polar surface area (TPSA) is 95.5 Å². The van der Waals surface area contributed by atoms with E-state index < -0.39 is 10.0 Å². The Hall–Kier alpha value is -2.52. The van der Waals surface area contributed by atoms with Crippen LogP contribution in [-0.4, -0.2) is 67.2 Å². The molecule has 2 aliphatic heterocycles. The number of likely N-dealkylation sites (tertiary alicyclic amines) is 1. The summed E-state index contributed by atoms with van der Waals surface area (Å²) in [6.45, 7) is 3.47. The molecule has 1 aromatic carbocycles. The Morgan fingerprint density at radius 2 is 1.74 bits per heavy atom. The standard InChI is InChI=1S/C22H29N5O3S/c1-15-4-6-18(7-5-15)31(29,30)27-10-8-16(9-11-27)22-24-19(13-20(23-2)25-22)17-12-21(28)26(3)14-17/h4-7,13,16-17H,8-12,14H2,1-3H3,(H,23,24,25). The van der Waals surface area contributed by atoms with Gasteiger partial charge in [0.15, 0.2) is 0 Å². The summed E-state index contributed by atoms with van der Waals surface area (Å²) < 4.78 is 27.5. The van der Waals surface area contributed by atoms with Crippen molar-refractivity contribution in [2.45, 2.75) is 42.9 Å². The lowest BCUT2D eigenvalue weighted by Crippen LogP contribution is -2.38. The normalized spacial score (nSPS) is 20.9.